The number of hydrogen-bond acceptors (Lipinski definition) is 5. The molecule has 0 aromatic carbocycles. The van der Waals surface area contributed by atoms with Crippen molar-refractivity contribution in [2.75, 3.05) is 18.9 Å². The summed E-state index contributed by atoms with van der Waals surface area (Å²) < 4.78 is 5.43. The predicted octanol–water partition coefficient (Wildman–Crippen LogP) is 4.60. The first-order valence-corrected chi connectivity index (χ1v) is 9.45. The van der Waals surface area contributed by atoms with Gasteiger partial charge in [0.25, 0.3) is 0 Å². The number of piperidine rings is 1. The van der Waals surface area contributed by atoms with Crippen molar-refractivity contribution in [2.45, 2.75) is 59.0 Å². The average molecular weight is 357 g/mol. The zero-order valence-electron chi connectivity index (χ0n) is 16.4. The summed E-state index contributed by atoms with van der Waals surface area (Å²) in [5.74, 6) is 2.28. The van der Waals surface area contributed by atoms with Crippen LogP contribution in [0.1, 0.15) is 60.2 Å². The highest BCUT2D eigenvalue weighted by Crippen LogP contribution is 2.16. The number of rotatable bonds is 5. The quantitative estimate of drug-likeness (QED) is 0.793. The Balaban J connectivity index is 0.000000228. The van der Waals surface area contributed by atoms with Crippen molar-refractivity contribution in [3.8, 4) is 0 Å². The highest BCUT2D eigenvalue weighted by molar-refractivity contribution is 5.82. The summed E-state index contributed by atoms with van der Waals surface area (Å²) >= 11 is 0. The summed E-state index contributed by atoms with van der Waals surface area (Å²) in [6.07, 6.45) is 6.40. The first-order chi connectivity index (χ1) is 12.5. The van der Waals surface area contributed by atoms with Crippen molar-refractivity contribution in [3.05, 3.63) is 47.0 Å². The van der Waals surface area contributed by atoms with Gasteiger partial charge >= 0.3 is 0 Å². The summed E-state index contributed by atoms with van der Waals surface area (Å²) in [7, 11) is 2.24. The van der Waals surface area contributed by atoms with Gasteiger partial charge in [-0.3, -0.25) is 4.79 Å². The van der Waals surface area contributed by atoms with Gasteiger partial charge in [-0.2, -0.15) is 0 Å². The number of aromatic nitrogens is 1. The van der Waals surface area contributed by atoms with Crippen LogP contribution in [-0.4, -0.2) is 35.8 Å². The van der Waals surface area contributed by atoms with E-state index in [1.54, 1.807) is 6.07 Å². The van der Waals surface area contributed by atoms with E-state index in [2.05, 4.69) is 29.2 Å². The number of anilines is 1. The summed E-state index contributed by atoms with van der Waals surface area (Å²) in [4.78, 5) is 17.6. The molecule has 1 fully saturated rings. The maximum atomic E-state index is 10.9. The van der Waals surface area contributed by atoms with Gasteiger partial charge in [-0.15, -0.1) is 0 Å². The first kappa shape index (κ1) is 20.2. The molecule has 3 heterocycles. The van der Waals surface area contributed by atoms with Gasteiger partial charge in [-0.05, 0) is 71.0 Å². The second kappa shape index (κ2) is 10.1. The molecule has 0 amide bonds. The Morgan fingerprint density at radius 1 is 1.27 bits per heavy atom. The molecule has 2 aromatic rings. The van der Waals surface area contributed by atoms with E-state index in [1.165, 1.54) is 32.2 Å². The minimum atomic E-state index is 0.519. The van der Waals surface area contributed by atoms with Gasteiger partial charge in [0.05, 0.1) is 12.1 Å². The van der Waals surface area contributed by atoms with E-state index in [0.717, 1.165) is 29.5 Å². The van der Waals surface area contributed by atoms with Gasteiger partial charge in [-0.1, -0.05) is 13.3 Å². The number of carbonyl (C=O) groups is 1. The summed E-state index contributed by atoms with van der Waals surface area (Å²) in [5.41, 5.74) is 1.42. The lowest BCUT2D eigenvalue weighted by Crippen LogP contribution is -2.35. The van der Waals surface area contributed by atoms with Crippen LogP contribution in [0.3, 0.4) is 0 Å². The zero-order valence-corrected chi connectivity index (χ0v) is 16.4. The van der Waals surface area contributed by atoms with Gasteiger partial charge < -0.3 is 14.6 Å². The third-order valence-corrected chi connectivity index (χ3v) is 4.81. The Kier molecular flexibility index (Phi) is 7.85. The minimum absolute atomic E-state index is 0.519. The molecule has 2 aromatic heterocycles. The van der Waals surface area contributed by atoms with Crippen LogP contribution >= 0.6 is 0 Å². The summed E-state index contributed by atoms with van der Waals surface area (Å²) in [6, 6.07) is 8.26. The molecule has 0 radical (unpaired) electrons. The van der Waals surface area contributed by atoms with E-state index in [4.69, 9.17) is 4.42 Å². The Hall–Kier alpha value is -2.14. The Morgan fingerprint density at radius 3 is 2.65 bits per heavy atom. The molecule has 26 heavy (non-hydrogen) atoms. The molecule has 0 bridgehead atoms. The van der Waals surface area contributed by atoms with Gasteiger partial charge in [0.1, 0.15) is 17.3 Å². The molecule has 142 valence electrons. The van der Waals surface area contributed by atoms with Gasteiger partial charge in [0.15, 0.2) is 6.29 Å². The highest BCUT2D eigenvalue weighted by Gasteiger charge is 2.15. The van der Waals surface area contributed by atoms with Crippen molar-refractivity contribution >= 4 is 12.1 Å². The molecule has 5 heteroatoms. The van der Waals surface area contributed by atoms with E-state index in [0.29, 0.717) is 17.9 Å². The molecule has 0 aliphatic carbocycles. The second-order valence-corrected chi connectivity index (χ2v) is 6.91. The van der Waals surface area contributed by atoms with Crippen molar-refractivity contribution in [1.82, 2.24) is 9.88 Å². The van der Waals surface area contributed by atoms with Gasteiger partial charge in [0.2, 0.25) is 0 Å². The Labute approximate surface area is 156 Å². The molecule has 1 atom stereocenters. The highest BCUT2D eigenvalue weighted by atomic mass is 16.3. The van der Waals surface area contributed by atoms with Gasteiger partial charge in [-0.25, -0.2) is 4.98 Å². The lowest BCUT2D eigenvalue weighted by atomic mass is 10.0. The number of furan rings is 1. The van der Waals surface area contributed by atoms with Crippen molar-refractivity contribution in [3.63, 3.8) is 0 Å². The molecule has 1 saturated heterocycles. The van der Waals surface area contributed by atoms with E-state index in [9.17, 15) is 4.79 Å². The molecule has 1 aliphatic rings. The second-order valence-electron chi connectivity index (χ2n) is 6.91. The fraction of sp³-hybridized carbons (Fsp3) is 0.524. The molecule has 1 unspecified atom stereocenters. The zero-order chi connectivity index (χ0) is 18.9. The van der Waals surface area contributed by atoms with Crippen LogP contribution < -0.4 is 5.32 Å². The van der Waals surface area contributed by atoms with Crippen LogP contribution in [0.15, 0.2) is 28.7 Å². The molecule has 0 spiro atoms. The fourth-order valence-electron chi connectivity index (χ4n) is 3.22. The normalized spacial score (nSPS) is 17.3. The van der Waals surface area contributed by atoms with Crippen LogP contribution in [0, 0.1) is 13.8 Å². The molecule has 5 nitrogen and oxygen atoms in total. The van der Waals surface area contributed by atoms with E-state index in [1.807, 2.05) is 32.0 Å². The largest absolute Gasteiger partial charge is 0.465 e. The average Bonchev–Trinajstić information content (AvgIpc) is 3.06. The van der Waals surface area contributed by atoms with E-state index in [-0.39, 0.29) is 0 Å². The molecule has 0 saturated carbocycles. The Bertz CT molecular complexity index is 696. The number of hydrogen-bond donors (Lipinski definition) is 1. The van der Waals surface area contributed by atoms with Crippen LogP contribution in [0.25, 0.3) is 0 Å². The third kappa shape index (κ3) is 5.99. The Morgan fingerprint density at radius 2 is 2.08 bits per heavy atom. The fourth-order valence-corrected chi connectivity index (χ4v) is 3.22. The number of aryl methyl sites for hydroxylation is 2. The predicted molar refractivity (Wildman–Crippen MR) is 106 cm³/mol. The smallest absolute Gasteiger partial charge is 0.153 e. The lowest BCUT2D eigenvalue weighted by Gasteiger charge is -2.31. The third-order valence-electron chi connectivity index (χ3n) is 4.81. The van der Waals surface area contributed by atoms with Crippen LogP contribution in [0.5, 0.6) is 0 Å². The number of carbonyl (C=O) groups excluding carboxylic acids is 1. The van der Waals surface area contributed by atoms with Crippen molar-refractivity contribution in [2.24, 2.45) is 0 Å². The number of nitrogens with zero attached hydrogens (tertiary/aromatic N) is 2. The number of aldehydes is 1. The van der Waals surface area contributed by atoms with Crippen LogP contribution in [0.4, 0.5) is 5.82 Å². The maximum Gasteiger partial charge on any atom is 0.153 e. The van der Waals surface area contributed by atoms with Crippen LogP contribution in [0.2, 0.25) is 0 Å². The first-order valence-electron chi connectivity index (χ1n) is 9.45. The molecular weight excluding hydrogens is 326 g/mol. The summed E-state index contributed by atoms with van der Waals surface area (Å²) in [6.45, 7) is 7.90. The minimum Gasteiger partial charge on any atom is -0.465 e. The van der Waals surface area contributed by atoms with Crippen molar-refractivity contribution in [1.29, 1.82) is 0 Å². The van der Waals surface area contributed by atoms with Crippen molar-refractivity contribution < 1.29 is 9.21 Å². The summed E-state index contributed by atoms with van der Waals surface area (Å²) in [5, 5.41) is 3.10. The molecule has 1 N–H and O–H groups in total. The van der Waals surface area contributed by atoms with Gasteiger partial charge in [0, 0.05) is 11.7 Å². The maximum absolute atomic E-state index is 10.9. The van der Waals surface area contributed by atoms with E-state index < -0.39 is 0 Å². The number of likely N-dealkylation sites (tertiary alicyclic amines) is 1. The molecule has 1 aliphatic heterocycles. The van der Waals surface area contributed by atoms with Crippen LogP contribution in [-0.2, 0) is 6.54 Å². The lowest BCUT2D eigenvalue weighted by molar-refractivity contribution is 0.112. The van der Waals surface area contributed by atoms with E-state index >= 15 is 0 Å². The molecule has 3 rings (SSSR count). The number of pyridine rings is 1. The number of nitrogens with one attached hydrogen (secondary N) is 1. The molecular formula is C21H31N3O2. The SMILES string of the molecule is CCC1CCCCN1C.Cc1ccc(C=O)c(NCc2ccc(C)o2)n1. The topological polar surface area (TPSA) is 58.4 Å². The standard InChI is InChI=1S/C13H14N2O2.C8H17N/c1-9-3-5-11(8-16)13(15-9)14-7-12-6-4-10(2)17-12;1-3-8-6-4-5-7-9(8)2/h3-6,8H,7H2,1-2H3,(H,14,15);8H,3-7H2,1-2H3. The monoisotopic (exact) mass is 357 g/mol.